The molecule has 0 aliphatic heterocycles. The van der Waals surface area contributed by atoms with E-state index in [1.807, 2.05) is 6.92 Å². The fraction of sp³-hybridized carbons (Fsp3) is 0.657. The number of amides is 13. The Kier molecular flexibility index (Phi) is 41.3. The van der Waals surface area contributed by atoms with Crippen LogP contribution in [0, 0.1) is 35.5 Å². The van der Waals surface area contributed by atoms with E-state index in [9.17, 15) is 82.4 Å². The van der Waals surface area contributed by atoms with Crippen LogP contribution in [0.3, 0.4) is 0 Å². The number of carboxylic acid groups (broad SMARTS) is 1. The van der Waals surface area contributed by atoms with Crippen LogP contribution in [0.2, 0.25) is 0 Å². The fourth-order valence-corrected chi connectivity index (χ4v) is 10.9. The standard InChI is InChI=1S/C70H118N20O17/c1-13-38(10)53(73)64(101)82-44(19-16-17-25-71)59(96)81-45(20-18-26-77-70(74)75)60(97)87-54(36(6)7)65(102)86-50(33-91)63(100)83-48(30-51(72)93)62(99)88-55(37(8)9)66(103)89-57(40(12)15-3)68(105)90-56(39(11)14-2)67(104)84-47(29-42-31-76-34-79-42)58(95)78-32-52(94)80-46(27-35(4)5)61(98)85-49(69(106)107)28-41-21-23-43(92)24-22-41/h21-24,31,34-40,44-50,53-57,91-92H,13-20,25-30,32-33,71,73H2,1-12H3,(H2,72,93)(H,76,79)(H,78,95)(H,80,94)(H,81,96)(H,82,101)(H,83,100)(H,84,104)(H,85,98)(H,86,102)(H,87,97)(H,88,99)(H,89,103)(H,90,105)(H,106,107)(H4,74,75,77)/t38-,39-,40-,44-,45-,46-,47-,48-,49-,50-,53-,54-,55-,56-,57-/m0/s1. The molecular formula is C70H118N20O17. The third-order valence-corrected chi connectivity index (χ3v) is 18.0. The van der Waals surface area contributed by atoms with Crippen molar-refractivity contribution in [1.82, 2.24) is 73.8 Å². The molecule has 13 amide bonds. The van der Waals surface area contributed by atoms with Crippen LogP contribution >= 0.6 is 0 Å². The lowest BCUT2D eigenvalue weighted by atomic mass is 9.93. The van der Waals surface area contributed by atoms with Gasteiger partial charge in [-0.3, -0.25) is 67.3 Å². The van der Waals surface area contributed by atoms with Crippen molar-refractivity contribution in [3.8, 4) is 5.75 Å². The van der Waals surface area contributed by atoms with Crippen LogP contribution in [0.25, 0.3) is 0 Å². The summed E-state index contributed by atoms with van der Waals surface area (Å²) >= 11 is 0. The summed E-state index contributed by atoms with van der Waals surface area (Å²) in [7, 11) is 0. The first kappa shape index (κ1) is 93.0. The molecule has 0 aliphatic rings. The number of hydrogen-bond acceptors (Lipinski definition) is 20. The van der Waals surface area contributed by atoms with Crippen molar-refractivity contribution in [2.24, 2.45) is 69.2 Å². The van der Waals surface area contributed by atoms with Gasteiger partial charge in [-0.15, -0.1) is 0 Å². The monoisotopic (exact) mass is 1510 g/mol. The molecule has 37 nitrogen and oxygen atoms in total. The van der Waals surface area contributed by atoms with E-state index in [0.29, 0.717) is 43.5 Å². The van der Waals surface area contributed by atoms with E-state index in [0.717, 1.165) is 0 Å². The third kappa shape index (κ3) is 33.1. The predicted octanol–water partition coefficient (Wildman–Crippen LogP) is -3.69. The van der Waals surface area contributed by atoms with Gasteiger partial charge in [-0.2, -0.15) is 0 Å². The molecule has 1 aromatic carbocycles. The maximum atomic E-state index is 14.6. The highest BCUT2D eigenvalue weighted by molar-refractivity contribution is 6.00. The number of phenols is 1. The van der Waals surface area contributed by atoms with Crippen LogP contribution in [0.5, 0.6) is 5.75 Å². The molecule has 0 fully saturated rings. The lowest BCUT2D eigenvalue weighted by Crippen LogP contribution is -2.63. The Hall–Kier alpha value is -10.0. The van der Waals surface area contributed by atoms with Crippen LogP contribution < -0.4 is 92.5 Å². The number of H-pyrrole nitrogens is 1. The number of carboxylic acids is 1. The van der Waals surface area contributed by atoms with E-state index in [2.05, 4.69) is 78.8 Å². The minimum absolute atomic E-state index is 0.0323. The number of phenolic OH excluding ortho intramolecular Hbond substituents is 1. The van der Waals surface area contributed by atoms with E-state index in [1.165, 1.54) is 50.6 Å². The number of nitrogens with zero attached hydrogens (tertiary/aromatic N) is 2. The number of nitrogens with one attached hydrogen (secondary N) is 13. The molecule has 0 radical (unpaired) electrons. The Morgan fingerprint density at radius 3 is 1.44 bits per heavy atom. The number of hydrogen-bond donors (Lipinski definition) is 21. The number of unbranched alkanes of at least 4 members (excludes halogenated alkanes) is 1. The van der Waals surface area contributed by atoms with Crippen LogP contribution in [0.4, 0.5) is 0 Å². The van der Waals surface area contributed by atoms with Gasteiger partial charge >= 0.3 is 5.97 Å². The van der Waals surface area contributed by atoms with Crippen LogP contribution in [0.1, 0.15) is 159 Å². The number of carbonyl (C=O) groups excluding carboxylic acids is 13. The maximum absolute atomic E-state index is 14.6. The second kappa shape index (κ2) is 47.5. The van der Waals surface area contributed by atoms with E-state index < -0.39 is 199 Å². The number of aliphatic hydroxyl groups is 1. The van der Waals surface area contributed by atoms with Crippen molar-refractivity contribution in [3.05, 3.63) is 48.0 Å². The van der Waals surface area contributed by atoms with Gasteiger partial charge in [-0.1, -0.05) is 114 Å². The predicted molar refractivity (Wildman–Crippen MR) is 395 cm³/mol. The number of aliphatic imine (C=N–C) groups is 1. The third-order valence-electron chi connectivity index (χ3n) is 18.0. The summed E-state index contributed by atoms with van der Waals surface area (Å²) in [6.07, 6.45) is 3.83. The molecule has 0 spiro atoms. The number of guanidine groups is 1. The first-order valence-electron chi connectivity index (χ1n) is 36.3. The molecule has 107 heavy (non-hydrogen) atoms. The summed E-state index contributed by atoms with van der Waals surface area (Å²) in [6, 6.07) is -11.3. The van der Waals surface area contributed by atoms with Crippen LogP contribution in [-0.2, 0) is 80.0 Å². The molecule has 37 heteroatoms. The lowest BCUT2D eigenvalue weighted by Gasteiger charge is -2.31. The summed E-state index contributed by atoms with van der Waals surface area (Å²) in [5.41, 5.74) is 29.3. The first-order chi connectivity index (χ1) is 50.3. The number of aliphatic carboxylic acids is 1. The summed E-state index contributed by atoms with van der Waals surface area (Å²) in [5.74, 6) is -16.7. The molecule has 15 atom stereocenters. The lowest BCUT2D eigenvalue weighted by molar-refractivity contribution is -0.142. The van der Waals surface area contributed by atoms with Crippen LogP contribution in [0.15, 0.2) is 41.8 Å². The van der Waals surface area contributed by atoms with Crippen LogP contribution in [-0.4, -0.2) is 213 Å². The molecule has 0 unspecified atom stereocenters. The smallest absolute Gasteiger partial charge is 0.326 e. The van der Waals surface area contributed by atoms with Gasteiger partial charge in [-0.25, -0.2) is 9.78 Å². The fourth-order valence-electron chi connectivity index (χ4n) is 10.9. The average Bonchev–Trinajstić information content (AvgIpc) is 1.46. The van der Waals surface area contributed by atoms with Crippen molar-refractivity contribution in [2.75, 3.05) is 26.2 Å². The Labute approximate surface area is 624 Å². The maximum Gasteiger partial charge on any atom is 0.326 e. The number of rotatable bonds is 50. The molecule has 0 aliphatic carbocycles. The highest BCUT2D eigenvalue weighted by Crippen LogP contribution is 2.18. The molecule has 2 rings (SSSR count). The molecule has 0 saturated carbocycles. The number of imidazole rings is 1. The summed E-state index contributed by atoms with van der Waals surface area (Å²) < 4.78 is 0. The highest BCUT2D eigenvalue weighted by Gasteiger charge is 2.40. The van der Waals surface area contributed by atoms with Crippen molar-refractivity contribution < 1.29 is 82.4 Å². The topological polar surface area (TPSA) is 615 Å². The van der Waals surface area contributed by atoms with Gasteiger partial charge in [0.25, 0.3) is 0 Å². The molecule has 0 bridgehead atoms. The molecule has 2 aromatic rings. The molecule has 1 heterocycles. The molecule has 26 N–H and O–H groups in total. The zero-order chi connectivity index (χ0) is 80.9. The highest BCUT2D eigenvalue weighted by atomic mass is 16.4. The quantitative estimate of drug-likeness (QED) is 0.0172. The van der Waals surface area contributed by atoms with Crippen molar-refractivity contribution in [1.29, 1.82) is 0 Å². The number of carbonyl (C=O) groups is 14. The normalized spacial score (nSPS) is 15.5. The Balaban J connectivity index is 2.38. The van der Waals surface area contributed by atoms with Gasteiger partial charge < -0.3 is 113 Å². The average molecular weight is 1510 g/mol. The number of benzene rings is 1. The number of nitrogens with two attached hydrogens (primary N) is 5. The van der Waals surface area contributed by atoms with E-state index >= 15 is 0 Å². The molecule has 1 aromatic heterocycles. The van der Waals surface area contributed by atoms with Crippen molar-refractivity contribution in [3.63, 3.8) is 0 Å². The SMILES string of the molecule is CC[C@H](C)[C@H](N)C(=O)N[C@@H](CCCCN)C(=O)N[C@@H](CCCN=C(N)N)C(=O)N[C@H](C(=O)N[C@@H](CO)C(=O)N[C@@H](CC(N)=O)C(=O)N[C@H](C(=O)N[C@H](C(=O)N[C@H](C(=O)N[C@@H](Cc1cnc[nH]1)C(=O)NCC(=O)N[C@@H](CC(C)C)C(=O)N[C@@H](Cc1ccc(O)cc1)C(=O)O)[C@@H](C)CC)[C@@H](C)CC)C(C)C)C(C)C. The van der Waals surface area contributed by atoms with Gasteiger partial charge in [0.15, 0.2) is 5.96 Å². The first-order valence-corrected chi connectivity index (χ1v) is 36.3. The van der Waals surface area contributed by atoms with Gasteiger partial charge in [0.1, 0.15) is 72.2 Å². The number of aromatic hydroxyl groups is 1. The van der Waals surface area contributed by atoms with E-state index in [1.54, 1.807) is 62.3 Å². The van der Waals surface area contributed by atoms with Crippen molar-refractivity contribution >= 4 is 88.7 Å². The number of primary amides is 1. The Morgan fingerprint density at radius 1 is 0.505 bits per heavy atom. The van der Waals surface area contributed by atoms with Gasteiger partial charge in [0.05, 0.1) is 31.9 Å². The van der Waals surface area contributed by atoms with Crippen molar-refractivity contribution in [2.45, 2.75) is 233 Å². The van der Waals surface area contributed by atoms with Gasteiger partial charge in [0, 0.05) is 31.3 Å². The number of aliphatic hydroxyl groups excluding tert-OH is 1. The molecule has 600 valence electrons. The van der Waals surface area contributed by atoms with E-state index in [4.69, 9.17) is 28.7 Å². The van der Waals surface area contributed by atoms with Gasteiger partial charge in [0.2, 0.25) is 76.8 Å². The zero-order valence-corrected chi connectivity index (χ0v) is 63.5. The number of aromatic amines is 1. The molecular weight excluding hydrogens is 1390 g/mol. The summed E-state index contributed by atoms with van der Waals surface area (Å²) in [6.45, 7) is 18.6. The second-order valence-electron chi connectivity index (χ2n) is 28.0. The molecule has 0 saturated heterocycles. The summed E-state index contributed by atoms with van der Waals surface area (Å²) in [4.78, 5) is 204. The Bertz CT molecular complexity index is 3280. The van der Waals surface area contributed by atoms with Gasteiger partial charge in [-0.05, 0) is 98.3 Å². The summed E-state index contributed by atoms with van der Waals surface area (Å²) in [5, 5.41) is 60.8. The zero-order valence-electron chi connectivity index (χ0n) is 63.5. The number of aromatic nitrogens is 2. The second-order valence-corrected chi connectivity index (χ2v) is 28.0. The minimum Gasteiger partial charge on any atom is -0.508 e. The van der Waals surface area contributed by atoms with E-state index in [-0.39, 0.29) is 75.0 Å². The minimum atomic E-state index is -1.86. The largest absolute Gasteiger partial charge is 0.508 e. The Morgan fingerprint density at radius 2 is 0.953 bits per heavy atom.